The van der Waals surface area contributed by atoms with Gasteiger partial charge in [0.2, 0.25) is 5.91 Å². The van der Waals surface area contributed by atoms with Gasteiger partial charge in [-0.1, -0.05) is 43.2 Å². The minimum atomic E-state index is -0.504. The standard InChI is InChI=1S/C19H21N3O2/c1-3-6-17-18(23)21-15-7-4-5-8-16(15)22(17)19(24)20-14-11-9-13(2)10-12-14/h4-5,7-12,17H,3,6H2,1-2H3,(H,20,24)(H,21,23). The number of benzene rings is 2. The van der Waals surface area contributed by atoms with E-state index in [2.05, 4.69) is 10.6 Å². The molecule has 0 fully saturated rings. The van der Waals surface area contributed by atoms with Crippen molar-refractivity contribution in [1.29, 1.82) is 0 Å². The van der Waals surface area contributed by atoms with E-state index in [0.29, 0.717) is 17.8 Å². The van der Waals surface area contributed by atoms with E-state index in [0.717, 1.165) is 17.7 Å². The van der Waals surface area contributed by atoms with Crippen LogP contribution in [0.15, 0.2) is 48.5 Å². The van der Waals surface area contributed by atoms with Crippen LogP contribution in [-0.4, -0.2) is 18.0 Å². The highest BCUT2D eigenvalue weighted by Gasteiger charge is 2.36. The summed E-state index contributed by atoms with van der Waals surface area (Å²) in [6.45, 7) is 4.00. The van der Waals surface area contributed by atoms with Gasteiger partial charge < -0.3 is 10.6 Å². The molecule has 1 atom stereocenters. The Morgan fingerprint density at radius 3 is 2.58 bits per heavy atom. The quantitative estimate of drug-likeness (QED) is 0.891. The number of nitrogens with one attached hydrogen (secondary N) is 2. The Hall–Kier alpha value is -2.82. The zero-order valence-electron chi connectivity index (χ0n) is 13.9. The number of nitrogens with zero attached hydrogens (tertiary/aromatic N) is 1. The van der Waals surface area contributed by atoms with Crippen molar-refractivity contribution in [3.8, 4) is 0 Å². The SMILES string of the molecule is CCCC1C(=O)Nc2ccccc2N1C(=O)Nc1ccc(C)cc1. The van der Waals surface area contributed by atoms with Crippen LogP contribution in [0, 0.1) is 6.92 Å². The number of hydrogen-bond donors (Lipinski definition) is 2. The van der Waals surface area contributed by atoms with E-state index in [1.807, 2.05) is 62.4 Å². The van der Waals surface area contributed by atoms with Crippen LogP contribution in [0.5, 0.6) is 0 Å². The van der Waals surface area contributed by atoms with Crippen LogP contribution in [0.1, 0.15) is 25.3 Å². The molecular formula is C19H21N3O2. The van der Waals surface area contributed by atoms with Crippen molar-refractivity contribution in [3.63, 3.8) is 0 Å². The number of urea groups is 1. The first-order valence-corrected chi connectivity index (χ1v) is 8.17. The van der Waals surface area contributed by atoms with Crippen molar-refractivity contribution >= 4 is 29.0 Å². The van der Waals surface area contributed by atoms with Crippen molar-refractivity contribution in [2.24, 2.45) is 0 Å². The highest BCUT2D eigenvalue weighted by atomic mass is 16.2. The molecule has 1 aliphatic heterocycles. The van der Waals surface area contributed by atoms with Gasteiger partial charge in [-0.05, 0) is 37.6 Å². The van der Waals surface area contributed by atoms with Gasteiger partial charge in [-0.2, -0.15) is 0 Å². The lowest BCUT2D eigenvalue weighted by Crippen LogP contribution is -2.52. The monoisotopic (exact) mass is 323 g/mol. The Labute approximate surface area is 141 Å². The van der Waals surface area contributed by atoms with Crippen molar-refractivity contribution < 1.29 is 9.59 Å². The molecule has 0 spiro atoms. The van der Waals surface area contributed by atoms with Crippen molar-refractivity contribution in [2.75, 3.05) is 15.5 Å². The van der Waals surface area contributed by atoms with Gasteiger partial charge in [-0.25, -0.2) is 4.79 Å². The van der Waals surface area contributed by atoms with Gasteiger partial charge in [0.25, 0.3) is 0 Å². The molecule has 1 heterocycles. The van der Waals surface area contributed by atoms with E-state index in [-0.39, 0.29) is 11.9 Å². The second-order valence-corrected chi connectivity index (χ2v) is 5.98. The van der Waals surface area contributed by atoms with Crippen LogP contribution in [0.2, 0.25) is 0 Å². The summed E-state index contributed by atoms with van der Waals surface area (Å²) in [6.07, 6.45) is 1.43. The van der Waals surface area contributed by atoms with E-state index < -0.39 is 6.04 Å². The minimum absolute atomic E-state index is 0.144. The summed E-state index contributed by atoms with van der Waals surface area (Å²) in [6, 6.07) is 14.2. The predicted octanol–water partition coefficient (Wildman–Crippen LogP) is 4.15. The van der Waals surface area contributed by atoms with Crippen LogP contribution in [0.3, 0.4) is 0 Å². The number of anilines is 3. The summed E-state index contributed by atoms with van der Waals surface area (Å²) in [7, 11) is 0. The maximum atomic E-state index is 12.9. The highest BCUT2D eigenvalue weighted by Crippen LogP contribution is 2.33. The summed E-state index contributed by atoms with van der Waals surface area (Å²) >= 11 is 0. The van der Waals surface area contributed by atoms with Gasteiger partial charge in [0.05, 0.1) is 11.4 Å². The van der Waals surface area contributed by atoms with E-state index >= 15 is 0 Å². The summed E-state index contributed by atoms with van der Waals surface area (Å²) in [5, 5.41) is 5.79. The fourth-order valence-corrected chi connectivity index (χ4v) is 2.90. The summed E-state index contributed by atoms with van der Waals surface area (Å²) in [5.41, 5.74) is 3.22. The van der Waals surface area contributed by atoms with Crippen molar-refractivity contribution in [2.45, 2.75) is 32.7 Å². The molecule has 124 valence electrons. The molecule has 0 saturated carbocycles. The molecule has 0 radical (unpaired) electrons. The Morgan fingerprint density at radius 2 is 1.88 bits per heavy atom. The van der Waals surface area contributed by atoms with Crippen molar-refractivity contribution in [1.82, 2.24) is 0 Å². The van der Waals surface area contributed by atoms with E-state index in [1.165, 1.54) is 0 Å². The fraction of sp³-hybridized carbons (Fsp3) is 0.263. The smallest absolute Gasteiger partial charge is 0.322 e. The van der Waals surface area contributed by atoms with Gasteiger partial charge in [0, 0.05) is 5.69 Å². The first kappa shape index (κ1) is 16.1. The summed E-state index contributed by atoms with van der Waals surface area (Å²) < 4.78 is 0. The van der Waals surface area contributed by atoms with Crippen LogP contribution in [0.25, 0.3) is 0 Å². The number of rotatable bonds is 3. The van der Waals surface area contributed by atoms with Gasteiger partial charge in [-0.3, -0.25) is 9.69 Å². The van der Waals surface area contributed by atoms with Crippen LogP contribution in [-0.2, 0) is 4.79 Å². The average molecular weight is 323 g/mol. The second-order valence-electron chi connectivity index (χ2n) is 5.98. The first-order valence-electron chi connectivity index (χ1n) is 8.17. The van der Waals surface area contributed by atoms with Crippen molar-refractivity contribution in [3.05, 3.63) is 54.1 Å². The van der Waals surface area contributed by atoms with Crippen LogP contribution in [0.4, 0.5) is 21.9 Å². The predicted molar refractivity (Wildman–Crippen MR) is 96.4 cm³/mol. The van der Waals surface area contributed by atoms with Gasteiger partial charge in [0.1, 0.15) is 6.04 Å². The maximum absolute atomic E-state index is 12.9. The van der Waals surface area contributed by atoms with Crippen LogP contribution < -0.4 is 15.5 Å². The molecule has 2 aromatic rings. The molecule has 1 unspecified atom stereocenters. The molecule has 1 aliphatic rings. The molecule has 0 saturated heterocycles. The third kappa shape index (κ3) is 3.11. The Balaban J connectivity index is 1.93. The number of aryl methyl sites for hydroxylation is 1. The fourth-order valence-electron chi connectivity index (χ4n) is 2.90. The molecule has 24 heavy (non-hydrogen) atoms. The van der Waals surface area contributed by atoms with Crippen LogP contribution >= 0.6 is 0 Å². The largest absolute Gasteiger partial charge is 0.327 e. The number of hydrogen-bond acceptors (Lipinski definition) is 2. The Morgan fingerprint density at radius 1 is 1.17 bits per heavy atom. The third-order valence-electron chi connectivity index (χ3n) is 4.12. The lowest BCUT2D eigenvalue weighted by atomic mass is 10.0. The zero-order valence-corrected chi connectivity index (χ0v) is 13.9. The molecule has 3 amide bonds. The van der Waals surface area contributed by atoms with Gasteiger partial charge in [-0.15, -0.1) is 0 Å². The maximum Gasteiger partial charge on any atom is 0.327 e. The highest BCUT2D eigenvalue weighted by molar-refractivity contribution is 6.14. The third-order valence-corrected chi connectivity index (χ3v) is 4.12. The molecule has 0 aliphatic carbocycles. The lowest BCUT2D eigenvalue weighted by Gasteiger charge is -2.36. The molecule has 5 nitrogen and oxygen atoms in total. The molecular weight excluding hydrogens is 302 g/mol. The molecule has 2 N–H and O–H groups in total. The molecule has 3 rings (SSSR count). The summed E-state index contributed by atoms with van der Waals surface area (Å²) in [4.78, 5) is 26.9. The van der Waals surface area contributed by atoms with Gasteiger partial charge in [0.15, 0.2) is 0 Å². The molecule has 0 aromatic heterocycles. The Bertz CT molecular complexity index is 755. The van der Waals surface area contributed by atoms with Gasteiger partial charge >= 0.3 is 6.03 Å². The van der Waals surface area contributed by atoms with E-state index in [9.17, 15) is 9.59 Å². The zero-order chi connectivity index (χ0) is 17.1. The lowest BCUT2D eigenvalue weighted by molar-refractivity contribution is -0.117. The average Bonchev–Trinajstić information content (AvgIpc) is 2.57. The number of amides is 3. The number of fused-ring (bicyclic) bond motifs is 1. The topological polar surface area (TPSA) is 61.4 Å². The normalized spacial score (nSPS) is 16.3. The first-order chi connectivity index (χ1) is 11.6. The number of carbonyl (C=O) groups excluding carboxylic acids is 2. The minimum Gasteiger partial charge on any atom is -0.322 e. The molecule has 2 aromatic carbocycles. The second kappa shape index (κ2) is 6.74. The summed E-state index contributed by atoms with van der Waals surface area (Å²) in [5.74, 6) is -0.144. The van der Waals surface area contributed by atoms with E-state index in [4.69, 9.17) is 0 Å². The number of carbonyl (C=O) groups is 2. The van der Waals surface area contributed by atoms with E-state index in [1.54, 1.807) is 4.90 Å². The molecule has 0 bridgehead atoms. The number of para-hydroxylation sites is 2. The molecule has 5 heteroatoms. The Kier molecular flexibility index (Phi) is 4.51.